The van der Waals surface area contributed by atoms with Gasteiger partial charge in [0.2, 0.25) is 0 Å². The smallest absolute Gasteiger partial charge is 0.0452 e. The maximum Gasteiger partial charge on any atom is 0.0452 e. The van der Waals surface area contributed by atoms with Crippen LogP contribution in [0.2, 0.25) is 10.0 Å². The lowest BCUT2D eigenvalue weighted by Crippen LogP contribution is -2.36. The predicted octanol–water partition coefficient (Wildman–Crippen LogP) is 5.34. The second-order valence-corrected chi connectivity index (χ2v) is 7.19. The largest absolute Gasteiger partial charge is 0.312 e. The van der Waals surface area contributed by atoms with E-state index in [1.165, 1.54) is 12.0 Å². The number of benzene rings is 1. The van der Waals surface area contributed by atoms with E-state index in [1.807, 2.05) is 18.2 Å². The minimum atomic E-state index is 0.208. The van der Waals surface area contributed by atoms with Gasteiger partial charge in [0.25, 0.3) is 0 Å². The fourth-order valence-electron chi connectivity index (χ4n) is 1.96. The normalized spacial score (nSPS) is 13.6. The molecular weight excluding hydrogens is 277 g/mol. The van der Waals surface area contributed by atoms with E-state index in [1.54, 1.807) is 0 Å². The second kappa shape index (κ2) is 7.52. The van der Waals surface area contributed by atoms with Crippen molar-refractivity contribution in [3.05, 3.63) is 33.8 Å². The molecule has 0 radical (unpaired) electrons. The van der Waals surface area contributed by atoms with Crippen molar-refractivity contribution in [1.82, 2.24) is 5.32 Å². The molecule has 1 N–H and O–H groups in total. The first-order valence-corrected chi connectivity index (χ1v) is 7.72. The molecule has 1 atom stereocenters. The van der Waals surface area contributed by atoms with Crippen molar-refractivity contribution in [2.75, 3.05) is 6.54 Å². The number of halogens is 2. The number of rotatable bonds is 6. The molecule has 1 rings (SSSR count). The average molecular weight is 302 g/mol. The van der Waals surface area contributed by atoms with Crippen LogP contribution in [-0.4, -0.2) is 12.1 Å². The Morgan fingerprint density at radius 3 is 2.42 bits per heavy atom. The van der Waals surface area contributed by atoms with Crippen molar-refractivity contribution in [2.45, 2.75) is 52.5 Å². The molecule has 1 aromatic rings. The summed E-state index contributed by atoms with van der Waals surface area (Å²) in [6, 6.07) is 5.77. The molecule has 1 aromatic carbocycles. The lowest BCUT2D eigenvalue weighted by atomic mass is 9.97. The molecule has 0 saturated carbocycles. The lowest BCUT2D eigenvalue weighted by Gasteiger charge is -2.22. The molecule has 0 spiro atoms. The van der Waals surface area contributed by atoms with E-state index < -0.39 is 0 Å². The highest BCUT2D eigenvalue weighted by molar-refractivity contribution is 6.35. The van der Waals surface area contributed by atoms with Crippen LogP contribution in [0.5, 0.6) is 0 Å². The van der Waals surface area contributed by atoms with E-state index in [4.69, 9.17) is 23.2 Å². The van der Waals surface area contributed by atoms with Gasteiger partial charge in [-0.25, -0.2) is 0 Å². The first-order valence-electron chi connectivity index (χ1n) is 6.97. The Labute approximate surface area is 127 Å². The topological polar surface area (TPSA) is 12.0 Å². The zero-order valence-corrected chi connectivity index (χ0v) is 13.9. The van der Waals surface area contributed by atoms with E-state index in [9.17, 15) is 0 Å². The third kappa shape index (κ3) is 7.20. The fourth-order valence-corrected chi connectivity index (χ4v) is 2.47. The molecule has 0 heterocycles. The first kappa shape index (κ1) is 16.8. The number of nitrogens with one attached hydrogen (secondary N) is 1. The zero-order valence-electron chi connectivity index (χ0n) is 12.4. The zero-order chi connectivity index (χ0) is 14.5. The molecule has 19 heavy (non-hydrogen) atoms. The van der Waals surface area contributed by atoms with Crippen LogP contribution < -0.4 is 5.32 Å². The summed E-state index contributed by atoms with van der Waals surface area (Å²) in [5, 5.41) is 5.02. The summed E-state index contributed by atoms with van der Waals surface area (Å²) < 4.78 is 0. The third-order valence-corrected chi connectivity index (χ3v) is 3.80. The average Bonchev–Trinajstić information content (AvgIpc) is 2.26. The molecule has 0 bridgehead atoms. The van der Waals surface area contributed by atoms with Crippen molar-refractivity contribution in [3.8, 4) is 0 Å². The van der Waals surface area contributed by atoms with Crippen LogP contribution in [0.1, 0.15) is 46.1 Å². The number of aryl methyl sites for hydroxylation is 1. The summed E-state index contributed by atoms with van der Waals surface area (Å²) >= 11 is 12.1. The lowest BCUT2D eigenvalue weighted by molar-refractivity contribution is 0.386. The van der Waals surface area contributed by atoms with Gasteiger partial charge in [-0.1, -0.05) is 36.2 Å². The fraction of sp³-hybridized carbons (Fsp3) is 0.625. The van der Waals surface area contributed by atoms with Crippen molar-refractivity contribution >= 4 is 23.2 Å². The van der Waals surface area contributed by atoms with Gasteiger partial charge in [0, 0.05) is 15.6 Å². The van der Waals surface area contributed by atoms with Gasteiger partial charge in [0.15, 0.2) is 0 Å². The van der Waals surface area contributed by atoms with E-state index >= 15 is 0 Å². The van der Waals surface area contributed by atoms with E-state index in [-0.39, 0.29) is 5.54 Å². The number of hydrogen-bond acceptors (Lipinski definition) is 1. The third-order valence-electron chi connectivity index (χ3n) is 3.21. The molecule has 108 valence electrons. The van der Waals surface area contributed by atoms with E-state index in [2.05, 4.69) is 33.0 Å². The molecule has 0 amide bonds. The van der Waals surface area contributed by atoms with Crippen LogP contribution in [0, 0.1) is 5.92 Å². The molecular formula is C16H25Cl2N. The van der Waals surface area contributed by atoms with Crippen LogP contribution in [0.15, 0.2) is 18.2 Å². The van der Waals surface area contributed by atoms with Crippen LogP contribution in [0.25, 0.3) is 0 Å². The van der Waals surface area contributed by atoms with Crippen LogP contribution >= 0.6 is 23.2 Å². The van der Waals surface area contributed by atoms with Crippen LogP contribution in [0.4, 0.5) is 0 Å². The maximum absolute atomic E-state index is 6.18. The van der Waals surface area contributed by atoms with Gasteiger partial charge in [-0.3, -0.25) is 0 Å². The summed E-state index contributed by atoms with van der Waals surface area (Å²) in [5.74, 6) is 0.696. The standard InChI is InChI=1S/C16H25Cl2N/c1-12(9-10-19-16(2,3)4)5-6-13-7-8-14(17)11-15(13)18/h7-8,11-12,19H,5-6,9-10H2,1-4H3. The Balaban J connectivity index is 2.32. The SMILES string of the molecule is CC(CCNC(C)(C)C)CCc1ccc(Cl)cc1Cl. The minimum Gasteiger partial charge on any atom is -0.312 e. The maximum atomic E-state index is 6.18. The van der Waals surface area contributed by atoms with Crippen molar-refractivity contribution in [3.63, 3.8) is 0 Å². The van der Waals surface area contributed by atoms with Crippen molar-refractivity contribution in [1.29, 1.82) is 0 Å². The Morgan fingerprint density at radius 2 is 1.84 bits per heavy atom. The van der Waals surface area contributed by atoms with Gasteiger partial charge >= 0.3 is 0 Å². The Morgan fingerprint density at radius 1 is 1.16 bits per heavy atom. The summed E-state index contributed by atoms with van der Waals surface area (Å²) in [5.41, 5.74) is 1.40. The van der Waals surface area contributed by atoms with Crippen molar-refractivity contribution in [2.24, 2.45) is 5.92 Å². The highest BCUT2D eigenvalue weighted by atomic mass is 35.5. The molecule has 0 fully saturated rings. The summed E-state index contributed by atoms with van der Waals surface area (Å²) in [6.45, 7) is 9.97. The monoisotopic (exact) mass is 301 g/mol. The predicted molar refractivity (Wildman–Crippen MR) is 86.3 cm³/mol. The van der Waals surface area contributed by atoms with Gasteiger partial charge in [-0.05, 0) is 70.2 Å². The summed E-state index contributed by atoms with van der Waals surface area (Å²) in [7, 11) is 0. The quantitative estimate of drug-likeness (QED) is 0.748. The van der Waals surface area contributed by atoms with Crippen molar-refractivity contribution < 1.29 is 0 Å². The molecule has 0 saturated heterocycles. The minimum absolute atomic E-state index is 0.208. The van der Waals surface area contributed by atoms with Gasteiger partial charge in [0.1, 0.15) is 0 Å². The van der Waals surface area contributed by atoms with E-state index in [0.29, 0.717) is 10.9 Å². The van der Waals surface area contributed by atoms with Crippen LogP contribution in [0.3, 0.4) is 0 Å². The Bertz CT molecular complexity index is 396. The molecule has 1 unspecified atom stereocenters. The van der Waals surface area contributed by atoms with Gasteiger partial charge in [-0.2, -0.15) is 0 Å². The Hall–Kier alpha value is -0.240. The second-order valence-electron chi connectivity index (χ2n) is 6.35. The molecule has 3 heteroatoms. The summed E-state index contributed by atoms with van der Waals surface area (Å²) in [6.07, 6.45) is 3.38. The van der Waals surface area contributed by atoms with Gasteiger partial charge in [0.05, 0.1) is 0 Å². The molecule has 1 nitrogen and oxygen atoms in total. The Kier molecular flexibility index (Phi) is 6.65. The first-order chi connectivity index (χ1) is 8.78. The molecule has 0 aliphatic heterocycles. The number of hydrogen-bond donors (Lipinski definition) is 1. The summed E-state index contributed by atoms with van der Waals surface area (Å²) in [4.78, 5) is 0. The van der Waals surface area contributed by atoms with Crippen LogP contribution in [-0.2, 0) is 6.42 Å². The highest BCUT2D eigenvalue weighted by Gasteiger charge is 2.10. The van der Waals surface area contributed by atoms with E-state index in [0.717, 1.165) is 24.4 Å². The molecule has 0 aliphatic rings. The molecule has 0 aromatic heterocycles. The molecule has 0 aliphatic carbocycles. The van der Waals surface area contributed by atoms with Gasteiger partial charge < -0.3 is 5.32 Å². The van der Waals surface area contributed by atoms with Gasteiger partial charge in [-0.15, -0.1) is 0 Å². The highest BCUT2D eigenvalue weighted by Crippen LogP contribution is 2.23.